The van der Waals surface area contributed by atoms with Crippen LogP contribution in [0.15, 0.2) is 42.0 Å². The van der Waals surface area contributed by atoms with Crippen molar-refractivity contribution in [3.8, 4) is 11.5 Å². The fourth-order valence-electron chi connectivity index (χ4n) is 3.67. The van der Waals surface area contributed by atoms with Gasteiger partial charge in [-0.25, -0.2) is 14.1 Å². The number of hydrogen-bond acceptors (Lipinski definition) is 5. The van der Waals surface area contributed by atoms with Crippen LogP contribution >= 0.6 is 11.6 Å². The van der Waals surface area contributed by atoms with Crippen molar-refractivity contribution in [2.24, 2.45) is 0 Å². The Kier molecular flexibility index (Phi) is 9.25. The van der Waals surface area contributed by atoms with Gasteiger partial charge in [0.25, 0.3) is 11.8 Å². The number of carbonyl (C=O) groups excluding carboxylic acids is 3. The van der Waals surface area contributed by atoms with E-state index in [4.69, 9.17) is 21.1 Å². The van der Waals surface area contributed by atoms with E-state index in [-0.39, 0.29) is 16.3 Å². The molecule has 1 aliphatic rings. The van der Waals surface area contributed by atoms with Gasteiger partial charge in [0.1, 0.15) is 11.4 Å². The van der Waals surface area contributed by atoms with Gasteiger partial charge in [-0.05, 0) is 54.5 Å². The number of carbonyl (C=O) groups is 3. The standard InChI is InChI=1S/C26H28ClFN2O5/c1-3-4-5-6-7-8-13-35-23-21(27)15-17(16-22(23)34-2)14-20-24(31)29-26(33)30(25(20)32)19-11-9-18(28)10-12-19/h9-12,14-16H,3-8,13H2,1-2H3,(H,29,31,33)/b20-14+. The number of hydrogen-bond donors (Lipinski definition) is 1. The molecule has 0 saturated carbocycles. The van der Waals surface area contributed by atoms with Crippen LogP contribution in [-0.2, 0) is 9.59 Å². The number of urea groups is 1. The first-order chi connectivity index (χ1) is 16.8. The molecule has 4 amide bonds. The first-order valence-electron chi connectivity index (χ1n) is 11.5. The van der Waals surface area contributed by atoms with Gasteiger partial charge < -0.3 is 9.47 Å². The summed E-state index contributed by atoms with van der Waals surface area (Å²) in [5.41, 5.74) is 0.250. The molecule has 0 aromatic heterocycles. The number of barbiturate groups is 1. The highest BCUT2D eigenvalue weighted by atomic mass is 35.5. The topological polar surface area (TPSA) is 84.9 Å². The molecule has 1 aliphatic heterocycles. The van der Waals surface area contributed by atoms with E-state index in [1.54, 1.807) is 12.1 Å². The Labute approximate surface area is 208 Å². The minimum Gasteiger partial charge on any atom is -0.493 e. The number of anilines is 1. The number of rotatable bonds is 11. The summed E-state index contributed by atoms with van der Waals surface area (Å²) < 4.78 is 24.5. The second-order valence-corrected chi connectivity index (χ2v) is 8.49. The van der Waals surface area contributed by atoms with Crippen molar-refractivity contribution in [3.63, 3.8) is 0 Å². The highest BCUT2D eigenvalue weighted by Crippen LogP contribution is 2.37. The minimum absolute atomic E-state index is 0.126. The minimum atomic E-state index is -0.919. The lowest BCUT2D eigenvalue weighted by molar-refractivity contribution is -0.122. The molecule has 186 valence electrons. The number of unbranched alkanes of at least 4 members (excludes halogenated alkanes) is 5. The largest absolute Gasteiger partial charge is 0.493 e. The van der Waals surface area contributed by atoms with Gasteiger partial charge in [-0.15, -0.1) is 0 Å². The molecule has 2 aromatic carbocycles. The van der Waals surface area contributed by atoms with Gasteiger partial charge in [-0.3, -0.25) is 14.9 Å². The van der Waals surface area contributed by atoms with Crippen molar-refractivity contribution in [3.05, 3.63) is 58.4 Å². The van der Waals surface area contributed by atoms with Crippen molar-refractivity contribution in [1.29, 1.82) is 0 Å². The molecule has 7 nitrogen and oxygen atoms in total. The van der Waals surface area contributed by atoms with Crippen LogP contribution < -0.4 is 19.7 Å². The Morgan fingerprint density at radius 3 is 2.40 bits per heavy atom. The fourth-order valence-corrected chi connectivity index (χ4v) is 3.94. The van der Waals surface area contributed by atoms with Gasteiger partial charge >= 0.3 is 6.03 Å². The van der Waals surface area contributed by atoms with Crippen LogP contribution in [0.3, 0.4) is 0 Å². The zero-order chi connectivity index (χ0) is 25.4. The zero-order valence-corrected chi connectivity index (χ0v) is 20.5. The van der Waals surface area contributed by atoms with Gasteiger partial charge in [0.2, 0.25) is 0 Å². The number of nitrogens with zero attached hydrogens (tertiary/aromatic N) is 1. The van der Waals surface area contributed by atoms with Gasteiger partial charge in [-0.2, -0.15) is 0 Å². The lowest BCUT2D eigenvalue weighted by Gasteiger charge is -2.26. The molecule has 1 heterocycles. The van der Waals surface area contributed by atoms with Gasteiger partial charge in [0, 0.05) is 0 Å². The normalized spacial score (nSPS) is 14.9. The Hall–Kier alpha value is -3.39. The van der Waals surface area contributed by atoms with E-state index in [1.807, 2.05) is 0 Å². The van der Waals surface area contributed by atoms with E-state index < -0.39 is 23.7 Å². The molecule has 0 radical (unpaired) electrons. The lowest BCUT2D eigenvalue weighted by Crippen LogP contribution is -2.54. The molecular formula is C26H28ClFN2O5. The Morgan fingerprint density at radius 2 is 1.71 bits per heavy atom. The average molecular weight is 503 g/mol. The van der Waals surface area contributed by atoms with E-state index in [0.717, 1.165) is 36.3 Å². The highest BCUT2D eigenvalue weighted by Gasteiger charge is 2.36. The smallest absolute Gasteiger partial charge is 0.335 e. The number of benzene rings is 2. The maximum Gasteiger partial charge on any atom is 0.335 e. The molecule has 0 atom stereocenters. The summed E-state index contributed by atoms with van der Waals surface area (Å²) in [6.07, 6.45) is 8.05. The van der Waals surface area contributed by atoms with E-state index in [1.165, 1.54) is 44.6 Å². The fraction of sp³-hybridized carbons (Fsp3) is 0.346. The summed E-state index contributed by atoms with van der Waals surface area (Å²) in [6, 6.07) is 7.00. The van der Waals surface area contributed by atoms with Crippen molar-refractivity contribution >= 4 is 41.2 Å². The summed E-state index contributed by atoms with van der Waals surface area (Å²) in [4.78, 5) is 38.5. The first kappa shape index (κ1) is 26.2. The van der Waals surface area contributed by atoms with Crippen LogP contribution in [-0.4, -0.2) is 31.6 Å². The van der Waals surface area contributed by atoms with Crippen LogP contribution in [0, 0.1) is 5.82 Å². The number of ether oxygens (including phenoxy) is 2. The van der Waals surface area contributed by atoms with Crippen molar-refractivity contribution in [2.45, 2.75) is 45.4 Å². The van der Waals surface area contributed by atoms with E-state index >= 15 is 0 Å². The van der Waals surface area contributed by atoms with Crippen molar-refractivity contribution < 1.29 is 28.2 Å². The number of halogens is 2. The van der Waals surface area contributed by atoms with Gasteiger partial charge in [-0.1, -0.05) is 50.6 Å². The molecule has 0 spiro atoms. The van der Waals surface area contributed by atoms with Crippen molar-refractivity contribution in [1.82, 2.24) is 5.32 Å². The van der Waals surface area contributed by atoms with E-state index in [0.29, 0.717) is 23.7 Å². The van der Waals surface area contributed by atoms with Crippen LogP contribution in [0.4, 0.5) is 14.9 Å². The predicted molar refractivity (Wildman–Crippen MR) is 132 cm³/mol. The third-order valence-corrected chi connectivity index (χ3v) is 5.77. The average Bonchev–Trinajstić information content (AvgIpc) is 2.83. The van der Waals surface area contributed by atoms with Crippen LogP contribution in [0.5, 0.6) is 11.5 Å². The summed E-state index contributed by atoms with van der Waals surface area (Å²) >= 11 is 6.43. The van der Waals surface area contributed by atoms with Gasteiger partial charge in [0.15, 0.2) is 11.5 Å². The maximum atomic E-state index is 13.3. The first-order valence-corrected chi connectivity index (χ1v) is 11.9. The second-order valence-electron chi connectivity index (χ2n) is 8.08. The third kappa shape index (κ3) is 6.60. The Morgan fingerprint density at radius 1 is 1.03 bits per heavy atom. The summed E-state index contributed by atoms with van der Waals surface area (Å²) in [5.74, 6) is -1.48. The monoisotopic (exact) mass is 502 g/mol. The second kappa shape index (κ2) is 12.4. The number of imide groups is 2. The number of amides is 4. The third-order valence-electron chi connectivity index (χ3n) is 5.49. The van der Waals surface area contributed by atoms with E-state index in [2.05, 4.69) is 12.2 Å². The number of nitrogens with one attached hydrogen (secondary N) is 1. The molecule has 35 heavy (non-hydrogen) atoms. The molecule has 2 aromatic rings. The predicted octanol–water partition coefficient (Wildman–Crippen LogP) is 5.89. The van der Waals surface area contributed by atoms with Crippen LogP contribution in [0.25, 0.3) is 6.08 Å². The van der Waals surface area contributed by atoms with Crippen LogP contribution in [0.2, 0.25) is 5.02 Å². The zero-order valence-electron chi connectivity index (χ0n) is 19.7. The van der Waals surface area contributed by atoms with Crippen molar-refractivity contribution in [2.75, 3.05) is 18.6 Å². The van der Waals surface area contributed by atoms with Gasteiger partial charge in [0.05, 0.1) is 24.4 Å². The molecule has 0 bridgehead atoms. The maximum absolute atomic E-state index is 13.3. The van der Waals surface area contributed by atoms with Crippen LogP contribution in [0.1, 0.15) is 51.0 Å². The number of methoxy groups -OCH3 is 1. The molecule has 0 unspecified atom stereocenters. The lowest BCUT2D eigenvalue weighted by atomic mass is 10.1. The molecule has 3 rings (SSSR count). The molecule has 1 fully saturated rings. The Bertz CT molecular complexity index is 1120. The molecular weight excluding hydrogens is 475 g/mol. The molecule has 0 aliphatic carbocycles. The highest BCUT2D eigenvalue weighted by molar-refractivity contribution is 6.39. The quantitative estimate of drug-likeness (QED) is 0.235. The summed E-state index contributed by atoms with van der Waals surface area (Å²) in [6.45, 7) is 2.66. The molecule has 1 N–H and O–H groups in total. The molecule has 1 saturated heterocycles. The summed E-state index contributed by atoms with van der Waals surface area (Å²) in [7, 11) is 1.47. The SMILES string of the molecule is CCCCCCCCOc1c(Cl)cc(/C=C2\C(=O)NC(=O)N(c3ccc(F)cc3)C2=O)cc1OC. The Balaban J connectivity index is 1.78. The van der Waals surface area contributed by atoms with E-state index in [9.17, 15) is 18.8 Å². The molecule has 9 heteroatoms. The summed E-state index contributed by atoms with van der Waals surface area (Å²) in [5, 5.41) is 2.39.